The van der Waals surface area contributed by atoms with Gasteiger partial charge in [0.2, 0.25) is 0 Å². The summed E-state index contributed by atoms with van der Waals surface area (Å²) in [6.07, 6.45) is 2.55. The molecule has 0 aromatic carbocycles. The van der Waals surface area contributed by atoms with Crippen LogP contribution in [0.2, 0.25) is 5.15 Å². The van der Waals surface area contributed by atoms with Crippen LogP contribution in [0, 0.1) is 0 Å². The van der Waals surface area contributed by atoms with E-state index in [1.54, 1.807) is 17.6 Å². The molecule has 2 heterocycles. The van der Waals surface area contributed by atoms with Crippen molar-refractivity contribution < 1.29 is 4.79 Å². The fourth-order valence-corrected chi connectivity index (χ4v) is 2.24. The average Bonchev–Trinajstić information content (AvgIpc) is 2.86. The number of nitrogens with zero attached hydrogens (tertiary/aromatic N) is 2. The third kappa shape index (κ3) is 3.05. The van der Waals surface area contributed by atoms with Crippen molar-refractivity contribution in [2.75, 3.05) is 6.54 Å². The van der Waals surface area contributed by atoms with Gasteiger partial charge in [-0.3, -0.25) is 4.79 Å². The first-order valence-electron chi connectivity index (χ1n) is 5.56. The Morgan fingerprint density at radius 1 is 1.50 bits per heavy atom. The van der Waals surface area contributed by atoms with Crippen molar-refractivity contribution in [3.05, 3.63) is 34.6 Å². The molecule has 4 nitrogen and oxygen atoms in total. The molecule has 0 atom stereocenters. The number of hydrogen-bond donors (Lipinski definition) is 1. The van der Waals surface area contributed by atoms with Gasteiger partial charge in [0.05, 0.1) is 0 Å². The lowest BCUT2D eigenvalue weighted by Gasteiger charge is -1.99. The van der Waals surface area contributed by atoms with Crippen molar-refractivity contribution in [1.29, 1.82) is 0 Å². The highest BCUT2D eigenvalue weighted by Crippen LogP contribution is 2.23. The standard InChI is InChI=1S/C12H12ClN3OS/c1-2-5-14-11(17)9-7-18-12(16-9)8-3-4-10(13)15-6-8/h3-4,6-7H,2,5H2,1H3,(H,14,17). The van der Waals surface area contributed by atoms with E-state index in [0.717, 1.165) is 17.0 Å². The van der Waals surface area contributed by atoms with E-state index in [1.165, 1.54) is 11.3 Å². The maximum atomic E-state index is 11.7. The molecule has 1 amide bonds. The third-order valence-electron chi connectivity index (χ3n) is 2.25. The highest BCUT2D eigenvalue weighted by molar-refractivity contribution is 7.13. The highest BCUT2D eigenvalue weighted by Gasteiger charge is 2.11. The van der Waals surface area contributed by atoms with Crippen molar-refractivity contribution in [2.24, 2.45) is 0 Å². The molecule has 6 heteroatoms. The second-order valence-electron chi connectivity index (χ2n) is 3.66. The lowest BCUT2D eigenvalue weighted by molar-refractivity contribution is 0.0949. The Balaban J connectivity index is 2.15. The number of halogens is 1. The molecule has 18 heavy (non-hydrogen) atoms. The van der Waals surface area contributed by atoms with Gasteiger partial charge in [-0.15, -0.1) is 11.3 Å². The maximum Gasteiger partial charge on any atom is 0.270 e. The number of carbonyl (C=O) groups excluding carboxylic acids is 1. The molecule has 0 radical (unpaired) electrons. The summed E-state index contributed by atoms with van der Waals surface area (Å²) >= 11 is 7.14. The highest BCUT2D eigenvalue weighted by atomic mass is 35.5. The van der Waals surface area contributed by atoms with Gasteiger partial charge in [-0.2, -0.15) is 0 Å². The van der Waals surface area contributed by atoms with Crippen molar-refractivity contribution in [3.8, 4) is 10.6 Å². The van der Waals surface area contributed by atoms with Gasteiger partial charge in [-0.1, -0.05) is 18.5 Å². The van der Waals surface area contributed by atoms with Crippen LogP contribution in [0.4, 0.5) is 0 Å². The minimum atomic E-state index is -0.138. The van der Waals surface area contributed by atoms with Gasteiger partial charge in [0.25, 0.3) is 5.91 Å². The normalized spacial score (nSPS) is 10.3. The largest absolute Gasteiger partial charge is 0.351 e. The Morgan fingerprint density at radius 3 is 3.00 bits per heavy atom. The number of aromatic nitrogens is 2. The molecular weight excluding hydrogens is 270 g/mol. The molecule has 0 aliphatic heterocycles. The molecule has 0 saturated carbocycles. The summed E-state index contributed by atoms with van der Waals surface area (Å²) in [5.74, 6) is -0.138. The van der Waals surface area contributed by atoms with Crippen LogP contribution >= 0.6 is 22.9 Å². The van der Waals surface area contributed by atoms with Crippen LogP contribution in [-0.4, -0.2) is 22.4 Å². The quantitative estimate of drug-likeness (QED) is 0.877. The number of hydrogen-bond acceptors (Lipinski definition) is 4. The summed E-state index contributed by atoms with van der Waals surface area (Å²) in [5, 5.41) is 5.74. The van der Waals surface area contributed by atoms with Crippen molar-refractivity contribution >= 4 is 28.8 Å². The summed E-state index contributed by atoms with van der Waals surface area (Å²) < 4.78 is 0. The van der Waals surface area contributed by atoms with Crippen LogP contribution in [-0.2, 0) is 0 Å². The Bertz CT molecular complexity index is 539. The zero-order chi connectivity index (χ0) is 13.0. The van der Waals surface area contributed by atoms with Crippen LogP contribution < -0.4 is 5.32 Å². The second-order valence-corrected chi connectivity index (χ2v) is 4.91. The molecule has 2 rings (SSSR count). The minimum Gasteiger partial charge on any atom is -0.351 e. The van der Waals surface area contributed by atoms with Crippen LogP contribution in [0.3, 0.4) is 0 Å². The minimum absolute atomic E-state index is 0.138. The van der Waals surface area contributed by atoms with Gasteiger partial charge in [0, 0.05) is 23.7 Å². The van der Waals surface area contributed by atoms with Gasteiger partial charge < -0.3 is 5.32 Å². The first-order chi connectivity index (χ1) is 8.70. The van der Waals surface area contributed by atoms with E-state index in [1.807, 2.05) is 13.0 Å². The summed E-state index contributed by atoms with van der Waals surface area (Å²) in [7, 11) is 0. The molecule has 0 aliphatic carbocycles. The Kier molecular flexibility index (Phi) is 4.28. The van der Waals surface area contributed by atoms with Gasteiger partial charge in [0.1, 0.15) is 15.9 Å². The van der Waals surface area contributed by atoms with Crippen LogP contribution in [0.25, 0.3) is 10.6 Å². The topological polar surface area (TPSA) is 54.9 Å². The first kappa shape index (κ1) is 13.0. The van der Waals surface area contributed by atoms with Crippen LogP contribution in [0.5, 0.6) is 0 Å². The smallest absolute Gasteiger partial charge is 0.270 e. The SMILES string of the molecule is CCCNC(=O)c1csc(-c2ccc(Cl)nc2)n1. The monoisotopic (exact) mass is 281 g/mol. The third-order valence-corrected chi connectivity index (χ3v) is 3.36. The van der Waals surface area contributed by atoms with Crippen LogP contribution in [0.1, 0.15) is 23.8 Å². The molecule has 1 N–H and O–H groups in total. The Labute approximate surface area is 114 Å². The number of thiazole rings is 1. The van der Waals surface area contributed by atoms with E-state index in [-0.39, 0.29) is 5.91 Å². The lowest BCUT2D eigenvalue weighted by atomic mass is 10.3. The van der Waals surface area contributed by atoms with Crippen molar-refractivity contribution in [2.45, 2.75) is 13.3 Å². The van der Waals surface area contributed by atoms with Gasteiger partial charge >= 0.3 is 0 Å². The fraction of sp³-hybridized carbons (Fsp3) is 0.250. The molecule has 0 bridgehead atoms. The predicted molar refractivity (Wildman–Crippen MR) is 73.0 cm³/mol. The lowest BCUT2D eigenvalue weighted by Crippen LogP contribution is -2.24. The molecular formula is C12H12ClN3OS. The first-order valence-corrected chi connectivity index (χ1v) is 6.82. The molecule has 2 aromatic rings. The number of carbonyl (C=O) groups is 1. The number of amides is 1. The molecule has 2 aromatic heterocycles. The fourth-order valence-electron chi connectivity index (χ4n) is 1.34. The molecule has 0 aliphatic rings. The summed E-state index contributed by atoms with van der Waals surface area (Å²) in [5.41, 5.74) is 1.30. The van der Waals surface area contributed by atoms with E-state index < -0.39 is 0 Å². The number of nitrogens with one attached hydrogen (secondary N) is 1. The average molecular weight is 282 g/mol. The molecule has 0 unspecified atom stereocenters. The molecule has 0 fully saturated rings. The Morgan fingerprint density at radius 2 is 2.33 bits per heavy atom. The van der Waals surface area contributed by atoms with Gasteiger partial charge in [0.15, 0.2) is 0 Å². The van der Waals surface area contributed by atoms with E-state index in [9.17, 15) is 4.79 Å². The zero-order valence-electron chi connectivity index (χ0n) is 9.81. The molecule has 0 saturated heterocycles. The van der Waals surface area contributed by atoms with Gasteiger partial charge in [-0.25, -0.2) is 9.97 Å². The van der Waals surface area contributed by atoms with E-state index in [2.05, 4.69) is 15.3 Å². The van der Waals surface area contributed by atoms with E-state index in [0.29, 0.717) is 17.4 Å². The van der Waals surface area contributed by atoms with Gasteiger partial charge in [-0.05, 0) is 18.6 Å². The summed E-state index contributed by atoms with van der Waals surface area (Å²) in [6.45, 7) is 2.67. The zero-order valence-corrected chi connectivity index (χ0v) is 11.4. The molecule has 0 spiro atoms. The van der Waals surface area contributed by atoms with E-state index in [4.69, 9.17) is 11.6 Å². The second kappa shape index (κ2) is 5.93. The summed E-state index contributed by atoms with van der Waals surface area (Å²) in [6, 6.07) is 3.54. The number of rotatable bonds is 4. The molecule has 94 valence electrons. The van der Waals surface area contributed by atoms with E-state index >= 15 is 0 Å². The van der Waals surface area contributed by atoms with Crippen LogP contribution in [0.15, 0.2) is 23.7 Å². The predicted octanol–water partition coefficient (Wildman–Crippen LogP) is 3.00. The van der Waals surface area contributed by atoms with Crippen molar-refractivity contribution in [3.63, 3.8) is 0 Å². The number of pyridine rings is 1. The maximum absolute atomic E-state index is 11.7. The Hall–Kier alpha value is -1.46. The summed E-state index contributed by atoms with van der Waals surface area (Å²) in [4.78, 5) is 20.0. The van der Waals surface area contributed by atoms with Crippen molar-refractivity contribution in [1.82, 2.24) is 15.3 Å².